The molecule has 0 aliphatic rings. The van der Waals surface area contributed by atoms with Crippen LogP contribution in [-0.4, -0.2) is 31.3 Å². The predicted molar refractivity (Wildman–Crippen MR) is 76.4 cm³/mol. The van der Waals surface area contributed by atoms with Crippen molar-refractivity contribution in [2.45, 2.75) is 33.0 Å². The van der Waals surface area contributed by atoms with Crippen molar-refractivity contribution >= 4 is 18.2 Å². The van der Waals surface area contributed by atoms with Gasteiger partial charge >= 0.3 is 0 Å². The molecule has 0 aliphatic heterocycles. The minimum atomic E-state index is 0. The number of aliphatic hydroxyl groups excluding tert-OH is 1. The number of aromatic nitrogens is 4. The van der Waals surface area contributed by atoms with Crippen molar-refractivity contribution < 1.29 is 5.11 Å². The number of aliphatic hydroxyl groups is 1. The van der Waals surface area contributed by atoms with Gasteiger partial charge in [-0.2, -0.15) is 10.2 Å². The molecule has 19 heavy (non-hydrogen) atoms. The topological polar surface area (TPSA) is 67.9 Å². The van der Waals surface area contributed by atoms with E-state index in [1.165, 1.54) is 0 Å². The number of halogens is 1. The van der Waals surface area contributed by atoms with Crippen molar-refractivity contribution in [2.24, 2.45) is 0 Å². The van der Waals surface area contributed by atoms with E-state index in [0.29, 0.717) is 13.1 Å². The summed E-state index contributed by atoms with van der Waals surface area (Å²) >= 11 is 0. The number of nitrogens with one attached hydrogen (secondary N) is 1. The second-order valence-corrected chi connectivity index (χ2v) is 4.09. The van der Waals surface area contributed by atoms with E-state index < -0.39 is 0 Å². The fourth-order valence-corrected chi connectivity index (χ4v) is 1.79. The molecule has 0 saturated carbocycles. The Kier molecular flexibility index (Phi) is 6.38. The van der Waals surface area contributed by atoms with E-state index in [0.717, 1.165) is 24.5 Å². The first-order valence-corrected chi connectivity index (χ1v) is 6.22. The lowest BCUT2D eigenvalue weighted by molar-refractivity contribution is 0.269. The number of nitrogens with zero attached hydrogens (tertiary/aromatic N) is 4. The number of anilines is 1. The van der Waals surface area contributed by atoms with E-state index in [1.807, 2.05) is 29.2 Å². The normalized spacial score (nSPS) is 10.2. The molecule has 6 nitrogen and oxygen atoms in total. The maximum atomic E-state index is 8.81. The van der Waals surface area contributed by atoms with Gasteiger partial charge < -0.3 is 10.4 Å². The molecule has 0 atom stereocenters. The summed E-state index contributed by atoms with van der Waals surface area (Å²) in [5, 5.41) is 20.6. The highest BCUT2D eigenvalue weighted by Gasteiger charge is 2.03. The Labute approximate surface area is 118 Å². The summed E-state index contributed by atoms with van der Waals surface area (Å²) < 4.78 is 3.71. The molecule has 0 bridgehead atoms. The van der Waals surface area contributed by atoms with Gasteiger partial charge in [0.15, 0.2) is 0 Å². The molecule has 7 heteroatoms. The Morgan fingerprint density at radius 1 is 1.32 bits per heavy atom. The molecule has 0 unspecified atom stereocenters. The van der Waals surface area contributed by atoms with Crippen LogP contribution in [-0.2, 0) is 19.6 Å². The van der Waals surface area contributed by atoms with Crippen molar-refractivity contribution in [3.63, 3.8) is 0 Å². The number of aryl methyl sites for hydroxylation is 1. The molecule has 2 aromatic heterocycles. The quantitative estimate of drug-likeness (QED) is 0.809. The van der Waals surface area contributed by atoms with Crippen LogP contribution in [0.4, 0.5) is 5.82 Å². The van der Waals surface area contributed by atoms with Crippen LogP contribution in [0.15, 0.2) is 24.5 Å². The molecule has 2 aromatic rings. The summed E-state index contributed by atoms with van der Waals surface area (Å²) in [7, 11) is 0. The van der Waals surface area contributed by atoms with E-state index in [4.69, 9.17) is 5.11 Å². The summed E-state index contributed by atoms with van der Waals surface area (Å²) in [6.45, 7) is 4.40. The Balaban J connectivity index is 0.00000180. The molecule has 0 aliphatic carbocycles. The fourth-order valence-electron chi connectivity index (χ4n) is 1.79. The van der Waals surface area contributed by atoms with Crippen LogP contribution in [0.2, 0.25) is 0 Å². The Bertz CT molecular complexity index is 482. The Morgan fingerprint density at radius 2 is 2.16 bits per heavy atom. The van der Waals surface area contributed by atoms with Gasteiger partial charge in [-0.1, -0.05) is 6.92 Å². The third-order valence-corrected chi connectivity index (χ3v) is 2.66. The molecule has 106 valence electrons. The first-order chi connectivity index (χ1) is 8.83. The lowest BCUT2D eigenvalue weighted by Crippen LogP contribution is -2.09. The molecule has 0 aromatic carbocycles. The standard InChI is InChI=1S/C12H19N5O.ClH/c1-2-6-17-11(3-5-14-17)10-13-12-4-7-16(15-12)8-9-18;/h3-5,7,18H,2,6,8-10H2,1H3,(H,13,15);1H. The highest BCUT2D eigenvalue weighted by atomic mass is 35.5. The van der Waals surface area contributed by atoms with Gasteiger partial charge in [-0.05, 0) is 12.5 Å². The van der Waals surface area contributed by atoms with Crippen LogP contribution >= 0.6 is 12.4 Å². The summed E-state index contributed by atoms with van der Waals surface area (Å²) in [4.78, 5) is 0. The third kappa shape index (κ3) is 4.25. The number of hydrogen-bond donors (Lipinski definition) is 2. The van der Waals surface area contributed by atoms with Crippen molar-refractivity contribution in [3.05, 3.63) is 30.2 Å². The van der Waals surface area contributed by atoms with Crippen molar-refractivity contribution in [1.82, 2.24) is 19.6 Å². The van der Waals surface area contributed by atoms with Crippen LogP contribution in [0.25, 0.3) is 0 Å². The molecule has 0 spiro atoms. The van der Waals surface area contributed by atoms with Gasteiger partial charge in [-0.3, -0.25) is 9.36 Å². The van der Waals surface area contributed by atoms with E-state index in [2.05, 4.69) is 22.4 Å². The van der Waals surface area contributed by atoms with E-state index >= 15 is 0 Å². The van der Waals surface area contributed by atoms with Gasteiger partial charge in [0.1, 0.15) is 5.82 Å². The molecule has 0 radical (unpaired) electrons. The first-order valence-electron chi connectivity index (χ1n) is 6.22. The van der Waals surface area contributed by atoms with Crippen LogP contribution in [0.1, 0.15) is 19.0 Å². The van der Waals surface area contributed by atoms with Gasteiger partial charge in [-0.25, -0.2) is 0 Å². The predicted octanol–water partition coefficient (Wildman–Crippen LogP) is 1.52. The summed E-state index contributed by atoms with van der Waals surface area (Å²) in [6.07, 6.45) is 4.73. The average Bonchev–Trinajstić information content (AvgIpc) is 2.97. The lowest BCUT2D eigenvalue weighted by atomic mass is 10.4. The van der Waals surface area contributed by atoms with E-state index in [9.17, 15) is 0 Å². The largest absolute Gasteiger partial charge is 0.394 e. The molecular weight excluding hydrogens is 266 g/mol. The maximum absolute atomic E-state index is 8.81. The molecule has 2 heterocycles. The van der Waals surface area contributed by atoms with Gasteiger partial charge in [0, 0.05) is 25.0 Å². The van der Waals surface area contributed by atoms with Crippen LogP contribution in [0, 0.1) is 0 Å². The highest BCUT2D eigenvalue weighted by molar-refractivity contribution is 5.85. The summed E-state index contributed by atoms with van der Waals surface area (Å²) in [6, 6.07) is 3.91. The Hall–Kier alpha value is -1.53. The SMILES string of the molecule is CCCn1nccc1CNc1ccn(CCO)n1.Cl. The second-order valence-electron chi connectivity index (χ2n) is 4.09. The van der Waals surface area contributed by atoms with E-state index in [-0.39, 0.29) is 19.0 Å². The van der Waals surface area contributed by atoms with Crippen molar-refractivity contribution in [1.29, 1.82) is 0 Å². The zero-order chi connectivity index (χ0) is 12.8. The molecule has 2 N–H and O–H groups in total. The molecule has 0 saturated heterocycles. The second kappa shape index (κ2) is 7.81. The maximum Gasteiger partial charge on any atom is 0.148 e. The minimum Gasteiger partial charge on any atom is -0.394 e. The lowest BCUT2D eigenvalue weighted by Gasteiger charge is -2.06. The highest BCUT2D eigenvalue weighted by Crippen LogP contribution is 2.06. The zero-order valence-electron chi connectivity index (χ0n) is 11.0. The van der Waals surface area contributed by atoms with Gasteiger partial charge in [0.25, 0.3) is 0 Å². The zero-order valence-corrected chi connectivity index (χ0v) is 11.8. The van der Waals surface area contributed by atoms with Crippen molar-refractivity contribution in [3.8, 4) is 0 Å². The van der Waals surface area contributed by atoms with Crippen LogP contribution in [0.5, 0.6) is 0 Å². The fraction of sp³-hybridized carbons (Fsp3) is 0.500. The monoisotopic (exact) mass is 285 g/mol. The van der Waals surface area contributed by atoms with Gasteiger partial charge in [0.05, 0.1) is 25.4 Å². The van der Waals surface area contributed by atoms with Crippen LogP contribution in [0.3, 0.4) is 0 Å². The number of rotatable bonds is 7. The number of hydrogen-bond acceptors (Lipinski definition) is 4. The van der Waals surface area contributed by atoms with Gasteiger partial charge in [-0.15, -0.1) is 12.4 Å². The average molecular weight is 286 g/mol. The Morgan fingerprint density at radius 3 is 2.89 bits per heavy atom. The summed E-state index contributed by atoms with van der Waals surface area (Å²) in [5.74, 6) is 0.813. The van der Waals surface area contributed by atoms with E-state index in [1.54, 1.807) is 4.68 Å². The first kappa shape index (κ1) is 15.5. The molecule has 0 amide bonds. The van der Waals surface area contributed by atoms with Crippen molar-refractivity contribution in [2.75, 3.05) is 11.9 Å². The minimum absolute atomic E-state index is 0. The van der Waals surface area contributed by atoms with Crippen LogP contribution < -0.4 is 5.32 Å². The van der Waals surface area contributed by atoms with Gasteiger partial charge in [0.2, 0.25) is 0 Å². The smallest absolute Gasteiger partial charge is 0.148 e. The summed E-state index contributed by atoms with van der Waals surface area (Å²) in [5.41, 5.74) is 1.15. The molecular formula is C12H20ClN5O. The molecule has 0 fully saturated rings. The third-order valence-electron chi connectivity index (χ3n) is 2.66. The molecule has 2 rings (SSSR count).